The summed E-state index contributed by atoms with van der Waals surface area (Å²) in [4.78, 5) is 37.3. The molecular formula is C20H35NO7. The smallest absolute Gasteiger partial charge is 0.311 e. The number of hydrogen-bond donors (Lipinski definition) is 1. The molecule has 1 aliphatic rings. The molecule has 0 amide bonds. The highest BCUT2D eigenvalue weighted by Crippen LogP contribution is 2.29. The minimum Gasteiger partial charge on any atom is -0.455 e. The van der Waals surface area contributed by atoms with Gasteiger partial charge in [0.15, 0.2) is 18.3 Å². The Hall–Kier alpha value is -1.67. The summed E-state index contributed by atoms with van der Waals surface area (Å²) in [6.45, 7) is 15.2. The average Bonchev–Trinajstić information content (AvgIpc) is 2.49. The zero-order valence-electron chi connectivity index (χ0n) is 18.5. The highest BCUT2D eigenvalue weighted by molar-refractivity contribution is 5.77. The Morgan fingerprint density at radius 3 is 1.46 bits per heavy atom. The summed E-state index contributed by atoms with van der Waals surface area (Å²) in [6, 6.07) is 0. The molecule has 1 fully saturated rings. The first-order valence-electron chi connectivity index (χ1n) is 9.45. The molecule has 162 valence electrons. The van der Waals surface area contributed by atoms with Crippen LogP contribution in [-0.2, 0) is 33.3 Å². The molecule has 0 aromatic heterocycles. The second-order valence-corrected chi connectivity index (χ2v) is 10.2. The molecule has 2 N–H and O–H groups in total. The predicted octanol–water partition coefficient (Wildman–Crippen LogP) is 2.18. The highest BCUT2D eigenvalue weighted by Gasteiger charge is 2.48. The van der Waals surface area contributed by atoms with E-state index in [1.165, 1.54) is 0 Å². The maximum absolute atomic E-state index is 12.5. The standard InChI is InChI=1S/C20H35NO7/c1-18(2,3)15(22)26-11-10-25-14(21)13(28-17(24)20(7,8)9)12(11)27-16(23)19(4,5)6/h11-14H,10,21H2,1-9H3/t11-,12-,13+,14-/m1/s1. The molecule has 8 heteroatoms. The largest absolute Gasteiger partial charge is 0.455 e. The molecule has 0 bridgehead atoms. The molecule has 4 atom stereocenters. The molecule has 1 saturated heterocycles. The third-order valence-electron chi connectivity index (χ3n) is 4.05. The minimum atomic E-state index is -1.11. The van der Waals surface area contributed by atoms with Gasteiger partial charge in [0, 0.05) is 0 Å². The Labute approximate surface area is 167 Å². The van der Waals surface area contributed by atoms with Gasteiger partial charge < -0.3 is 24.7 Å². The summed E-state index contributed by atoms with van der Waals surface area (Å²) < 4.78 is 22.2. The molecule has 1 rings (SSSR count). The molecule has 1 aliphatic heterocycles. The summed E-state index contributed by atoms with van der Waals surface area (Å²) in [7, 11) is 0. The van der Waals surface area contributed by atoms with Crippen LogP contribution < -0.4 is 5.73 Å². The van der Waals surface area contributed by atoms with Gasteiger partial charge >= 0.3 is 17.9 Å². The highest BCUT2D eigenvalue weighted by atomic mass is 16.6. The van der Waals surface area contributed by atoms with E-state index in [4.69, 9.17) is 24.7 Å². The van der Waals surface area contributed by atoms with Crippen molar-refractivity contribution in [1.29, 1.82) is 0 Å². The maximum Gasteiger partial charge on any atom is 0.311 e. The van der Waals surface area contributed by atoms with Gasteiger partial charge in [-0.3, -0.25) is 14.4 Å². The third kappa shape index (κ3) is 6.44. The van der Waals surface area contributed by atoms with Crippen molar-refractivity contribution in [2.24, 2.45) is 22.0 Å². The molecule has 1 heterocycles. The van der Waals surface area contributed by atoms with Gasteiger partial charge in [-0.05, 0) is 62.3 Å². The van der Waals surface area contributed by atoms with Crippen molar-refractivity contribution in [1.82, 2.24) is 0 Å². The van der Waals surface area contributed by atoms with Gasteiger partial charge in [-0.1, -0.05) is 0 Å². The zero-order chi connectivity index (χ0) is 22.1. The van der Waals surface area contributed by atoms with Crippen LogP contribution in [0.2, 0.25) is 0 Å². The van der Waals surface area contributed by atoms with E-state index in [2.05, 4.69) is 0 Å². The van der Waals surface area contributed by atoms with Crippen molar-refractivity contribution < 1.29 is 33.3 Å². The number of ether oxygens (including phenoxy) is 4. The lowest BCUT2D eigenvalue weighted by atomic mass is 9.95. The summed E-state index contributed by atoms with van der Waals surface area (Å²) in [5.41, 5.74) is 3.62. The van der Waals surface area contributed by atoms with E-state index < -0.39 is 58.7 Å². The number of rotatable bonds is 3. The molecule has 0 unspecified atom stereocenters. The summed E-state index contributed by atoms with van der Waals surface area (Å²) in [6.07, 6.45) is -4.15. The van der Waals surface area contributed by atoms with Gasteiger partial charge in [0.1, 0.15) is 6.23 Å². The van der Waals surface area contributed by atoms with Gasteiger partial charge in [-0.25, -0.2) is 0 Å². The molecule has 8 nitrogen and oxygen atoms in total. The van der Waals surface area contributed by atoms with E-state index >= 15 is 0 Å². The number of carbonyl (C=O) groups is 3. The second-order valence-electron chi connectivity index (χ2n) is 10.2. The Morgan fingerprint density at radius 1 is 0.714 bits per heavy atom. The topological polar surface area (TPSA) is 114 Å². The monoisotopic (exact) mass is 401 g/mol. The number of hydrogen-bond acceptors (Lipinski definition) is 8. The SMILES string of the molecule is CC(C)(C)C(=O)O[C@H]1[C@H](OC(=O)C(C)(C)C)[C@H](OC(=O)C(C)(C)C)CO[C@H]1N. The van der Waals surface area contributed by atoms with Crippen LogP contribution >= 0.6 is 0 Å². The lowest BCUT2D eigenvalue weighted by molar-refractivity contribution is -0.234. The minimum absolute atomic E-state index is 0.0748. The fourth-order valence-electron chi connectivity index (χ4n) is 2.09. The summed E-state index contributed by atoms with van der Waals surface area (Å²) in [5.74, 6) is -1.55. The van der Waals surface area contributed by atoms with Crippen molar-refractivity contribution in [3.8, 4) is 0 Å². The number of carbonyl (C=O) groups excluding carboxylic acids is 3. The molecule has 0 aromatic carbocycles. The average molecular weight is 402 g/mol. The van der Waals surface area contributed by atoms with Gasteiger partial charge in [-0.2, -0.15) is 0 Å². The zero-order valence-corrected chi connectivity index (χ0v) is 18.5. The second kappa shape index (κ2) is 8.37. The van der Waals surface area contributed by atoms with Crippen LogP contribution in [0.5, 0.6) is 0 Å². The summed E-state index contributed by atoms with van der Waals surface area (Å²) in [5, 5.41) is 0. The van der Waals surface area contributed by atoms with Crippen molar-refractivity contribution in [2.75, 3.05) is 6.61 Å². The Morgan fingerprint density at radius 2 is 1.07 bits per heavy atom. The van der Waals surface area contributed by atoms with E-state index in [1.54, 1.807) is 62.3 Å². The molecule has 28 heavy (non-hydrogen) atoms. The third-order valence-corrected chi connectivity index (χ3v) is 4.05. The molecule has 0 aliphatic carbocycles. The van der Waals surface area contributed by atoms with E-state index in [0.717, 1.165) is 0 Å². The van der Waals surface area contributed by atoms with Crippen molar-refractivity contribution in [3.63, 3.8) is 0 Å². The first kappa shape index (κ1) is 24.4. The normalized spacial score (nSPS) is 26.4. The first-order valence-corrected chi connectivity index (χ1v) is 9.45. The number of esters is 3. The van der Waals surface area contributed by atoms with Crippen LogP contribution in [0.4, 0.5) is 0 Å². The first-order chi connectivity index (χ1) is 12.4. The lowest BCUT2D eigenvalue weighted by Crippen LogP contribution is -2.61. The molecule has 0 spiro atoms. The Bertz CT molecular complexity index is 595. The lowest BCUT2D eigenvalue weighted by Gasteiger charge is -2.41. The maximum atomic E-state index is 12.5. The number of nitrogens with two attached hydrogens (primary N) is 1. The van der Waals surface area contributed by atoms with Crippen molar-refractivity contribution >= 4 is 17.9 Å². The van der Waals surface area contributed by atoms with Crippen LogP contribution in [0.15, 0.2) is 0 Å². The van der Waals surface area contributed by atoms with Crippen LogP contribution in [0.3, 0.4) is 0 Å². The van der Waals surface area contributed by atoms with E-state index in [1.807, 2.05) is 0 Å². The van der Waals surface area contributed by atoms with Gasteiger partial charge in [0.05, 0.1) is 22.9 Å². The van der Waals surface area contributed by atoms with Gasteiger partial charge in [0.25, 0.3) is 0 Å². The van der Waals surface area contributed by atoms with Crippen molar-refractivity contribution in [3.05, 3.63) is 0 Å². The van der Waals surface area contributed by atoms with Crippen LogP contribution in [-0.4, -0.2) is 49.1 Å². The van der Waals surface area contributed by atoms with Gasteiger partial charge in [0.2, 0.25) is 0 Å². The molecule has 0 aromatic rings. The van der Waals surface area contributed by atoms with Crippen molar-refractivity contribution in [2.45, 2.75) is 86.9 Å². The molecule has 0 saturated carbocycles. The van der Waals surface area contributed by atoms with Crippen LogP contribution in [0.25, 0.3) is 0 Å². The molecule has 0 radical (unpaired) electrons. The Balaban J connectivity index is 3.18. The van der Waals surface area contributed by atoms with Gasteiger partial charge in [-0.15, -0.1) is 0 Å². The van der Waals surface area contributed by atoms with Crippen LogP contribution in [0, 0.1) is 16.2 Å². The Kier molecular flexibility index (Phi) is 7.28. The fraction of sp³-hybridized carbons (Fsp3) is 0.850. The molecular weight excluding hydrogens is 366 g/mol. The van der Waals surface area contributed by atoms with E-state index in [0.29, 0.717) is 0 Å². The quantitative estimate of drug-likeness (QED) is 0.565. The van der Waals surface area contributed by atoms with E-state index in [-0.39, 0.29) is 6.61 Å². The fourth-order valence-corrected chi connectivity index (χ4v) is 2.09. The van der Waals surface area contributed by atoms with E-state index in [9.17, 15) is 14.4 Å². The summed E-state index contributed by atoms with van der Waals surface area (Å²) >= 11 is 0. The predicted molar refractivity (Wildman–Crippen MR) is 102 cm³/mol. The van der Waals surface area contributed by atoms with Crippen LogP contribution in [0.1, 0.15) is 62.3 Å².